The van der Waals surface area contributed by atoms with Crippen LogP contribution in [0.2, 0.25) is 0 Å². The first kappa shape index (κ1) is 22.4. The Labute approximate surface area is 208 Å². The first-order valence-electron chi connectivity index (χ1n) is 10.7. The average Bonchev–Trinajstić information content (AvgIpc) is 3.18. The van der Waals surface area contributed by atoms with Crippen molar-refractivity contribution in [2.24, 2.45) is 0 Å². The van der Waals surface area contributed by atoms with Crippen molar-refractivity contribution in [1.82, 2.24) is 14.5 Å². The number of halogens is 1. The molecule has 0 aliphatic carbocycles. The van der Waals surface area contributed by atoms with Crippen LogP contribution in [0.1, 0.15) is 28.5 Å². The number of aromatic nitrogens is 2. The van der Waals surface area contributed by atoms with Crippen molar-refractivity contribution in [3.8, 4) is 0 Å². The van der Waals surface area contributed by atoms with Gasteiger partial charge in [-0.25, -0.2) is 4.98 Å². The summed E-state index contributed by atoms with van der Waals surface area (Å²) in [5.74, 6) is 0.785. The molecular weight excluding hydrogens is 518 g/mol. The highest BCUT2D eigenvalue weighted by molar-refractivity contribution is 9.10. The molecule has 1 aliphatic heterocycles. The molecule has 168 valence electrons. The zero-order valence-corrected chi connectivity index (χ0v) is 21.3. The summed E-state index contributed by atoms with van der Waals surface area (Å²) in [6, 6.07) is 18.2. The second-order valence-corrected chi connectivity index (χ2v) is 11.0. The predicted molar refractivity (Wildman–Crippen MR) is 138 cm³/mol. The zero-order valence-electron chi connectivity index (χ0n) is 18.1. The van der Waals surface area contributed by atoms with Gasteiger partial charge in [0, 0.05) is 28.6 Å². The maximum absolute atomic E-state index is 13.8. The number of amides is 1. The van der Waals surface area contributed by atoms with Gasteiger partial charge in [-0.3, -0.25) is 14.2 Å². The summed E-state index contributed by atoms with van der Waals surface area (Å²) in [6.45, 7) is 3.28. The summed E-state index contributed by atoms with van der Waals surface area (Å²) in [5.41, 5.74) is 3.30. The molecule has 2 aromatic carbocycles. The molecule has 4 aromatic rings. The molecule has 1 aliphatic rings. The summed E-state index contributed by atoms with van der Waals surface area (Å²) in [5, 5.41) is 1.44. The fourth-order valence-electron chi connectivity index (χ4n) is 4.12. The SMILES string of the molecule is CC(=O)N1CCc2c(sc3nc(SCc4cccc(Br)c4)n(Cc4ccccc4)c(=O)c23)C1. The lowest BCUT2D eigenvalue weighted by molar-refractivity contribution is -0.129. The van der Waals surface area contributed by atoms with Gasteiger partial charge in [0.1, 0.15) is 4.83 Å². The molecule has 33 heavy (non-hydrogen) atoms. The lowest BCUT2D eigenvalue weighted by Crippen LogP contribution is -2.34. The van der Waals surface area contributed by atoms with Crippen LogP contribution in [0.5, 0.6) is 0 Å². The van der Waals surface area contributed by atoms with E-state index in [0.29, 0.717) is 26.1 Å². The van der Waals surface area contributed by atoms with Gasteiger partial charge >= 0.3 is 0 Å². The van der Waals surface area contributed by atoms with E-state index in [2.05, 4.69) is 28.1 Å². The molecule has 0 fully saturated rings. The predicted octanol–water partition coefficient (Wildman–Crippen LogP) is 5.47. The molecule has 5 nitrogen and oxygen atoms in total. The van der Waals surface area contributed by atoms with Crippen LogP contribution in [0.3, 0.4) is 0 Å². The van der Waals surface area contributed by atoms with Crippen LogP contribution in [0.25, 0.3) is 10.2 Å². The van der Waals surface area contributed by atoms with Crippen molar-refractivity contribution in [3.63, 3.8) is 0 Å². The molecule has 8 heteroatoms. The van der Waals surface area contributed by atoms with Gasteiger partial charge in [-0.2, -0.15) is 0 Å². The lowest BCUT2D eigenvalue weighted by atomic mass is 10.1. The average molecular weight is 541 g/mol. The Morgan fingerprint density at radius 1 is 1.15 bits per heavy atom. The van der Waals surface area contributed by atoms with E-state index in [0.717, 1.165) is 47.2 Å². The fourth-order valence-corrected chi connectivity index (χ4v) is 6.78. The molecule has 3 heterocycles. The molecule has 0 saturated carbocycles. The Bertz CT molecular complexity index is 1400. The number of benzene rings is 2. The molecule has 0 spiro atoms. The minimum absolute atomic E-state index is 0.00868. The van der Waals surface area contributed by atoms with Gasteiger partial charge in [-0.1, -0.05) is 70.2 Å². The molecular formula is C25H22BrN3O2S2. The number of nitrogens with zero attached hydrogens (tertiary/aromatic N) is 3. The molecule has 0 bridgehead atoms. The molecule has 1 amide bonds. The summed E-state index contributed by atoms with van der Waals surface area (Å²) >= 11 is 6.66. The standard InChI is InChI=1S/C25H22BrN3O2S2/c1-16(30)28-11-10-20-21(14-28)33-23-22(20)24(31)29(13-17-6-3-2-4-7-17)25(27-23)32-15-18-8-5-9-19(26)12-18/h2-9,12H,10-11,13-15H2,1H3. The van der Waals surface area contributed by atoms with E-state index in [4.69, 9.17) is 4.98 Å². The Morgan fingerprint density at radius 3 is 2.70 bits per heavy atom. The van der Waals surface area contributed by atoms with E-state index in [1.807, 2.05) is 51.9 Å². The van der Waals surface area contributed by atoms with Crippen LogP contribution in [-0.2, 0) is 30.1 Å². The second kappa shape index (κ2) is 9.44. The third-order valence-corrected chi connectivity index (χ3v) is 8.46. The van der Waals surface area contributed by atoms with Crippen LogP contribution < -0.4 is 5.56 Å². The Kier molecular flexibility index (Phi) is 6.40. The Balaban J connectivity index is 1.58. The van der Waals surface area contributed by atoms with Gasteiger partial charge in [-0.05, 0) is 35.2 Å². The van der Waals surface area contributed by atoms with Crippen LogP contribution in [0.4, 0.5) is 0 Å². The van der Waals surface area contributed by atoms with Crippen molar-refractivity contribution in [2.75, 3.05) is 6.54 Å². The van der Waals surface area contributed by atoms with Crippen LogP contribution in [0, 0.1) is 0 Å². The molecule has 0 radical (unpaired) electrons. The van der Waals surface area contributed by atoms with Crippen molar-refractivity contribution >= 4 is 55.2 Å². The van der Waals surface area contributed by atoms with Gasteiger partial charge in [0.15, 0.2) is 5.16 Å². The molecule has 0 saturated heterocycles. The minimum atomic E-state index is 0.00868. The number of thiophene rings is 1. The summed E-state index contributed by atoms with van der Waals surface area (Å²) in [4.78, 5) is 34.3. The van der Waals surface area contributed by atoms with E-state index < -0.39 is 0 Å². The maximum atomic E-state index is 13.8. The van der Waals surface area contributed by atoms with Gasteiger partial charge < -0.3 is 4.90 Å². The Morgan fingerprint density at radius 2 is 1.94 bits per heavy atom. The monoisotopic (exact) mass is 539 g/mol. The number of hydrogen-bond acceptors (Lipinski definition) is 5. The van der Waals surface area contributed by atoms with E-state index >= 15 is 0 Å². The normalized spacial score (nSPS) is 13.3. The summed E-state index contributed by atoms with van der Waals surface area (Å²) in [7, 11) is 0. The first-order valence-corrected chi connectivity index (χ1v) is 13.3. The topological polar surface area (TPSA) is 55.2 Å². The molecule has 2 aromatic heterocycles. The second-order valence-electron chi connectivity index (χ2n) is 8.06. The van der Waals surface area contributed by atoms with E-state index in [1.54, 1.807) is 30.0 Å². The number of thioether (sulfide) groups is 1. The lowest BCUT2D eigenvalue weighted by Gasteiger charge is -2.25. The number of carbonyl (C=O) groups excluding carboxylic acids is 1. The summed E-state index contributed by atoms with van der Waals surface area (Å²) < 4.78 is 2.84. The number of rotatable bonds is 5. The highest BCUT2D eigenvalue weighted by atomic mass is 79.9. The van der Waals surface area contributed by atoms with Gasteiger partial charge in [-0.15, -0.1) is 11.3 Å². The first-order chi connectivity index (χ1) is 16.0. The molecule has 0 N–H and O–H groups in total. The summed E-state index contributed by atoms with van der Waals surface area (Å²) in [6.07, 6.45) is 0.696. The van der Waals surface area contributed by atoms with Gasteiger partial charge in [0.25, 0.3) is 5.56 Å². The quantitative estimate of drug-likeness (QED) is 0.249. The maximum Gasteiger partial charge on any atom is 0.263 e. The molecule has 0 atom stereocenters. The van der Waals surface area contributed by atoms with Gasteiger partial charge in [0.05, 0.1) is 18.5 Å². The van der Waals surface area contributed by atoms with Crippen molar-refractivity contribution in [2.45, 2.75) is 37.3 Å². The number of fused-ring (bicyclic) bond motifs is 3. The fraction of sp³-hybridized carbons (Fsp3) is 0.240. The van der Waals surface area contributed by atoms with Crippen molar-refractivity contribution in [3.05, 3.63) is 91.0 Å². The van der Waals surface area contributed by atoms with Crippen LogP contribution >= 0.6 is 39.0 Å². The van der Waals surface area contributed by atoms with Crippen LogP contribution in [-0.4, -0.2) is 26.9 Å². The minimum Gasteiger partial charge on any atom is -0.337 e. The largest absolute Gasteiger partial charge is 0.337 e. The highest BCUT2D eigenvalue weighted by Gasteiger charge is 2.26. The Hall–Kier alpha value is -2.42. The highest BCUT2D eigenvalue weighted by Crippen LogP contribution is 2.34. The zero-order chi connectivity index (χ0) is 22.9. The number of carbonyl (C=O) groups is 1. The van der Waals surface area contributed by atoms with Gasteiger partial charge in [0.2, 0.25) is 5.91 Å². The van der Waals surface area contributed by atoms with Crippen molar-refractivity contribution < 1.29 is 4.79 Å². The smallest absolute Gasteiger partial charge is 0.263 e. The van der Waals surface area contributed by atoms with Crippen LogP contribution in [0.15, 0.2) is 69.0 Å². The van der Waals surface area contributed by atoms with Crippen molar-refractivity contribution in [1.29, 1.82) is 0 Å². The molecule has 0 unspecified atom stereocenters. The molecule has 5 rings (SSSR count). The van der Waals surface area contributed by atoms with E-state index in [-0.39, 0.29) is 11.5 Å². The van der Waals surface area contributed by atoms with E-state index in [9.17, 15) is 9.59 Å². The number of hydrogen-bond donors (Lipinski definition) is 0. The van der Waals surface area contributed by atoms with E-state index in [1.165, 1.54) is 0 Å². The third-order valence-electron chi connectivity index (χ3n) is 5.81. The third kappa shape index (κ3) is 4.65.